The maximum absolute atomic E-state index is 11.3. The third-order valence-corrected chi connectivity index (χ3v) is 3.78. The van der Waals surface area contributed by atoms with Gasteiger partial charge in [0.25, 0.3) is 5.91 Å². The normalized spacial score (nSPS) is 20.6. The molecule has 5 nitrogen and oxygen atoms in total. The van der Waals surface area contributed by atoms with Gasteiger partial charge in [0, 0.05) is 0 Å². The molecule has 5 heteroatoms. The second kappa shape index (κ2) is 5.19. The third kappa shape index (κ3) is 2.43. The van der Waals surface area contributed by atoms with Gasteiger partial charge < -0.3 is 15.2 Å². The van der Waals surface area contributed by atoms with Crippen molar-refractivity contribution in [1.82, 2.24) is 4.90 Å². The summed E-state index contributed by atoms with van der Waals surface area (Å²) in [7, 11) is 0. The van der Waals surface area contributed by atoms with Crippen LogP contribution in [0.15, 0.2) is 18.2 Å². The largest absolute Gasteiger partial charge is 0.482 e. The Kier molecular flexibility index (Phi) is 3.40. The first-order valence-electron chi connectivity index (χ1n) is 6.69. The van der Waals surface area contributed by atoms with Gasteiger partial charge in [0.1, 0.15) is 5.75 Å². The number of aliphatic hydroxyl groups excluding tert-OH is 1. The van der Waals surface area contributed by atoms with Crippen molar-refractivity contribution in [3.8, 4) is 5.75 Å². The first-order valence-corrected chi connectivity index (χ1v) is 6.69. The topological polar surface area (TPSA) is 61.8 Å². The Labute approximate surface area is 112 Å². The summed E-state index contributed by atoms with van der Waals surface area (Å²) in [4.78, 5) is 13.6. The lowest BCUT2D eigenvalue weighted by molar-refractivity contribution is -0.118. The smallest absolute Gasteiger partial charge is 0.262 e. The van der Waals surface area contributed by atoms with Crippen LogP contribution in [-0.4, -0.2) is 42.2 Å². The molecule has 102 valence electrons. The number of aliphatic hydroxyl groups is 1. The maximum Gasteiger partial charge on any atom is 0.262 e. The summed E-state index contributed by atoms with van der Waals surface area (Å²) in [5.74, 6) is 0.563. The Bertz CT molecular complexity index is 484. The van der Waals surface area contributed by atoms with Crippen LogP contribution >= 0.6 is 0 Å². The van der Waals surface area contributed by atoms with Crippen LogP contribution in [0.3, 0.4) is 0 Å². The van der Waals surface area contributed by atoms with E-state index in [0.717, 1.165) is 18.7 Å². The lowest BCUT2D eigenvalue weighted by Gasteiger charge is -2.27. The van der Waals surface area contributed by atoms with E-state index in [9.17, 15) is 9.90 Å². The molecular weight excluding hydrogens is 244 g/mol. The van der Waals surface area contributed by atoms with Gasteiger partial charge in [-0.05, 0) is 43.6 Å². The van der Waals surface area contributed by atoms with Crippen LogP contribution in [0.2, 0.25) is 0 Å². The van der Waals surface area contributed by atoms with Crippen LogP contribution in [0.25, 0.3) is 0 Å². The van der Waals surface area contributed by atoms with E-state index >= 15 is 0 Å². The molecule has 1 atom stereocenters. The number of ether oxygens (including phenoxy) is 1. The van der Waals surface area contributed by atoms with E-state index in [2.05, 4.69) is 10.2 Å². The predicted octanol–water partition coefficient (Wildman–Crippen LogP) is 1.15. The molecule has 1 unspecified atom stereocenters. The minimum Gasteiger partial charge on any atom is -0.482 e. The zero-order chi connectivity index (χ0) is 13.2. The third-order valence-electron chi connectivity index (χ3n) is 3.78. The Morgan fingerprint density at radius 2 is 2.16 bits per heavy atom. The zero-order valence-electron chi connectivity index (χ0n) is 10.8. The SMILES string of the molecule is O=C1COc2ccc(C(CO)N3CCCC3)cc2N1. The van der Waals surface area contributed by atoms with Crippen molar-refractivity contribution >= 4 is 11.6 Å². The average molecular weight is 262 g/mol. The highest BCUT2D eigenvalue weighted by Gasteiger charge is 2.24. The van der Waals surface area contributed by atoms with Crippen molar-refractivity contribution in [3.63, 3.8) is 0 Å². The maximum atomic E-state index is 11.3. The number of nitrogens with zero attached hydrogens (tertiary/aromatic N) is 1. The van der Waals surface area contributed by atoms with Gasteiger partial charge in [0.05, 0.1) is 18.3 Å². The molecule has 1 saturated heterocycles. The van der Waals surface area contributed by atoms with Gasteiger partial charge in [-0.2, -0.15) is 0 Å². The standard InChI is InChI=1S/C14H18N2O3/c17-8-12(16-5-1-2-6-16)10-3-4-13-11(7-10)15-14(18)9-19-13/h3-4,7,12,17H,1-2,5-6,8-9H2,(H,15,18). The monoisotopic (exact) mass is 262 g/mol. The molecule has 0 aliphatic carbocycles. The second-order valence-electron chi connectivity index (χ2n) is 5.03. The molecular formula is C14H18N2O3. The number of carbonyl (C=O) groups is 1. The van der Waals surface area contributed by atoms with E-state index in [4.69, 9.17) is 4.74 Å². The molecule has 1 fully saturated rings. The summed E-state index contributed by atoms with van der Waals surface area (Å²) in [6, 6.07) is 5.75. The fraction of sp³-hybridized carbons (Fsp3) is 0.500. The molecule has 2 aliphatic rings. The van der Waals surface area contributed by atoms with Crippen molar-refractivity contribution in [2.45, 2.75) is 18.9 Å². The quantitative estimate of drug-likeness (QED) is 0.857. The highest BCUT2D eigenvalue weighted by molar-refractivity contribution is 5.95. The van der Waals surface area contributed by atoms with Crippen LogP contribution in [0, 0.1) is 0 Å². The summed E-state index contributed by atoms with van der Waals surface area (Å²) in [5.41, 5.74) is 1.72. The van der Waals surface area contributed by atoms with E-state index in [1.54, 1.807) is 0 Å². The van der Waals surface area contributed by atoms with E-state index < -0.39 is 0 Å². The molecule has 0 radical (unpaired) electrons. The van der Waals surface area contributed by atoms with E-state index in [0.29, 0.717) is 11.4 Å². The molecule has 0 spiro atoms. The molecule has 1 amide bonds. The Balaban J connectivity index is 1.87. The number of benzene rings is 1. The predicted molar refractivity (Wildman–Crippen MR) is 71.2 cm³/mol. The number of likely N-dealkylation sites (tertiary alicyclic amines) is 1. The molecule has 3 rings (SSSR count). The van der Waals surface area contributed by atoms with Gasteiger partial charge in [0.2, 0.25) is 0 Å². The fourth-order valence-corrected chi connectivity index (χ4v) is 2.79. The number of anilines is 1. The van der Waals surface area contributed by atoms with Gasteiger partial charge in [-0.25, -0.2) is 0 Å². The van der Waals surface area contributed by atoms with Gasteiger partial charge in [-0.15, -0.1) is 0 Å². The summed E-state index contributed by atoms with van der Waals surface area (Å²) in [6.07, 6.45) is 2.36. The number of rotatable bonds is 3. The van der Waals surface area contributed by atoms with Gasteiger partial charge in [-0.3, -0.25) is 9.69 Å². The molecule has 2 heterocycles. The van der Waals surface area contributed by atoms with Crippen LogP contribution in [0.5, 0.6) is 5.75 Å². The molecule has 19 heavy (non-hydrogen) atoms. The van der Waals surface area contributed by atoms with Crippen LogP contribution in [-0.2, 0) is 4.79 Å². The summed E-state index contributed by atoms with van der Waals surface area (Å²) in [5, 5.41) is 12.4. The van der Waals surface area contributed by atoms with E-state index in [1.165, 1.54) is 12.8 Å². The van der Waals surface area contributed by atoms with Crippen LogP contribution in [0.4, 0.5) is 5.69 Å². The molecule has 1 aromatic rings. The Morgan fingerprint density at radius 1 is 1.37 bits per heavy atom. The van der Waals surface area contributed by atoms with Gasteiger partial charge in [0.15, 0.2) is 6.61 Å². The van der Waals surface area contributed by atoms with Crippen molar-refractivity contribution in [2.75, 3.05) is 31.6 Å². The molecule has 2 N–H and O–H groups in total. The summed E-state index contributed by atoms with van der Waals surface area (Å²) < 4.78 is 5.34. The summed E-state index contributed by atoms with van der Waals surface area (Å²) in [6.45, 7) is 2.20. The van der Waals surface area contributed by atoms with Crippen LogP contribution < -0.4 is 10.1 Å². The number of amides is 1. The first kappa shape index (κ1) is 12.4. The summed E-state index contributed by atoms with van der Waals surface area (Å²) >= 11 is 0. The number of nitrogens with one attached hydrogen (secondary N) is 1. The first-order chi connectivity index (χ1) is 9.28. The lowest BCUT2D eigenvalue weighted by Crippen LogP contribution is -2.29. The Morgan fingerprint density at radius 3 is 2.89 bits per heavy atom. The van der Waals surface area contributed by atoms with Crippen LogP contribution in [0.1, 0.15) is 24.4 Å². The molecule has 0 saturated carbocycles. The minimum atomic E-state index is -0.133. The molecule has 2 aliphatic heterocycles. The molecule has 0 aromatic heterocycles. The average Bonchev–Trinajstić information content (AvgIpc) is 2.93. The van der Waals surface area contributed by atoms with E-state index in [-0.39, 0.29) is 25.2 Å². The number of carbonyl (C=O) groups excluding carboxylic acids is 1. The highest BCUT2D eigenvalue weighted by atomic mass is 16.5. The number of hydrogen-bond donors (Lipinski definition) is 2. The zero-order valence-corrected chi connectivity index (χ0v) is 10.8. The van der Waals surface area contributed by atoms with Crippen molar-refractivity contribution in [3.05, 3.63) is 23.8 Å². The number of fused-ring (bicyclic) bond motifs is 1. The fourth-order valence-electron chi connectivity index (χ4n) is 2.79. The van der Waals surface area contributed by atoms with Gasteiger partial charge in [-0.1, -0.05) is 6.07 Å². The van der Waals surface area contributed by atoms with Gasteiger partial charge >= 0.3 is 0 Å². The number of hydrogen-bond acceptors (Lipinski definition) is 4. The van der Waals surface area contributed by atoms with Crippen molar-refractivity contribution in [2.24, 2.45) is 0 Å². The molecule has 0 bridgehead atoms. The van der Waals surface area contributed by atoms with Crippen molar-refractivity contribution in [1.29, 1.82) is 0 Å². The lowest BCUT2D eigenvalue weighted by atomic mass is 10.0. The molecule has 1 aromatic carbocycles. The second-order valence-corrected chi connectivity index (χ2v) is 5.03. The minimum absolute atomic E-state index is 0.00614. The highest BCUT2D eigenvalue weighted by Crippen LogP contribution is 2.33. The van der Waals surface area contributed by atoms with Crippen molar-refractivity contribution < 1.29 is 14.6 Å². The van der Waals surface area contributed by atoms with E-state index in [1.807, 2.05) is 18.2 Å². The Hall–Kier alpha value is -1.59.